The van der Waals surface area contributed by atoms with Crippen LogP contribution in [0.1, 0.15) is 19.8 Å². The van der Waals surface area contributed by atoms with Crippen LogP contribution < -0.4 is 0 Å². The number of halogens is 1. The maximum atomic E-state index is 12.4. The molecule has 2 rings (SSSR count). The quantitative estimate of drug-likeness (QED) is 0.798. The average molecular weight is 305 g/mol. The monoisotopic (exact) mass is 304 g/mol. The highest BCUT2D eigenvalue weighted by Gasteiger charge is 2.29. The van der Waals surface area contributed by atoms with E-state index in [-0.39, 0.29) is 16.2 Å². The molecule has 106 valence electrons. The van der Waals surface area contributed by atoms with Crippen LogP contribution in [0.15, 0.2) is 23.2 Å². The highest BCUT2D eigenvalue weighted by Crippen LogP contribution is 2.23. The fourth-order valence-electron chi connectivity index (χ4n) is 2.17. The first-order valence-corrected chi connectivity index (χ1v) is 8.09. The average Bonchev–Trinajstić information content (AvgIpc) is 2.40. The van der Waals surface area contributed by atoms with Crippen molar-refractivity contribution in [2.45, 2.75) is 30.8 Å². The van der Waals surface area contributed by atoms with Gasteiger partial charge in [-0.15, -0.1) is 0 Å². The number of nitrogens with zero attached hydrogens (tertiary/aromatic N) is 2. The van der Waals surface area contributed by atoms with Crippen molar-refractivity contribution in [3.63, 3.8) is 0 Å². The van der Waals surface area contributed by atoms with Crippen LogP contribution in [0.3, 0.4) is 0 Å². The summed E-state index contributed by atoms with van der Waals surface area (Å²) in [6, 6.07) is 2.85. The molecule has 0 unspecified atom stereocenters. The number of pyridine rings is 1. The Morgan fingerprint density at radius 3 is 2.74 bits per heavy atom. The Labute approximate surface area is 118 Å². The minimum absolute atomic E-state index is 0.164. The summed E-state index contributed by atoms with van der Waals surface area (Å²) in [5.74, 6) is 0. The molecule has 1 aliphatic rings. The molecule has 0 aromatic carbocycles. The molecule has 0 atom stereocenters. The van der Waals surface area contributed by atoms with Crippen molar-refractivity contribution in [1.29, 1.82) is 0 Å². The molecule has 0 N–H and O–H groups in total. The van der Waals surface area contributed by atoms with Gasteiger partial charge in [0.1, 0.15) is 5.15 Å². The predicted octanol–water partition coefficient (Wildman–Crippen LogP) is 1.92. The lowest BCUT2D eigenvalue weighted by Gasteiger charge is -2.30. The van der Waals surface area contributed by atoms with Crippen molar-refractivity contribution in [3.8, 4) is 0 Å². The minimum atomic E-state index is -3.47. The fourth-order valence-corrected chi connectivity index (χ4v) is 3.89. The SMILES string of the molecule is CCOC1CCN(S(=O)(=O)c2ccnc(Cl)c2)CC1. The van der Waals surface area contributed by atoms with E-state index in [0.29, 0.717) is 19.7 Å². The maximum absolute atomic E-state index is 12.4. The van der Waals surface area contributed by atoms with Crippen LogP contribution in [-0.2, 0) is 14.8 Å². The Balaban J connectivity index is 2.10. The molecule has 2 heterocycles. The van der Waals surface area contributed by atoms with Gasteiger partial charge in [-0.3, -0.25) is 0 Å². The summed E-state index contributed by atoms with van der Waals surface area (Å²) < 4.78 is 31.8. The smallest absolute Gasteiger partial charge is 0.243 e. The van der Waals surface area contributed by atoms with Crippen LogP contribution in [-0.4, -0.2) is 43.5 Å². The van der Waals surface area contributed by atoms with Gasteiger partial charge in [0.15, 0.2) is 0 Å². The van der Waals surface area contributed by atoms with Gasteiger partial charge in [-0.05, 0) is 31.9 Å². The van der Waals surface area contributed by atoms with Gasteiger partial charge >= 0.3 is 0 Å². The van der Waals surface area contributed by atoms with Crippen molar-refractivity contribution in [2.24, 2.45) is 0 Å². The first-order valence-electron chi connectivity index (χ1n) is 6.27. The second kappa shape index (κ2) is 6.17. The first kappa shape index (κ1) is 14.7. The Morgan fingerprint density at radius 2 is 2.16 bits per heavy atom. The molecule has 0 saturated carbocycles. The van der Waals surface area contributed by atoms with Gasteiger partial charge in [0.2, 0.25) is 10.0 Å². The minimum Gasteiger partial charge on any atom is -0.378 e. The summed E-state index contributed by atoms with van der Waals surface area (Å²) in [4.78, 5) is 3.99. The van der Waals surface area contributed by atoms with E-state index < -0.39 is 10.0 Å². The highest BCUT2D eigenvalue weighted by molar-refractivity contribution is 7.89. The van der Waals surface area contributed by atoms with E-state index in [1.54, 1.807) is 0 Å². The van der Waals surface area contributed by atoms with Crippen molar-refractivity contribution in [3.05, 3.63) is 23.5 Å². The number of hydrogen-bond acceptors (Lipinski definition) is 4. The Morgan fingerprint density at radius 1 is 1.47 bits per heavy atom. The molecule has 0 spiro atoms. The molecule has 1 aliphatic heterocycles. The summed E-state index contributed by atoms with van der Waals surface area (Å²) in [5.41, 5.74) is 0. The highest BCUT2D eigenvalue weighted by atomic mass is 35.5. The van der Waals surface area contributed by atoms with Gasteiger partial charge in [0.05, 0.1) is 11.0 Å². The molecule has 1 aromatic rings. The van der Waals surface area contributed by atoms with E-state index in [0.717, 1.165) is 12.8 Å². The molecule has 1 aromatic heterocycles. The zero-order valence-corrected chi connectivity index (χ0v) is 12.3. The number of hydrogen-bond donors (Lipinski definition) is 0. The van der Waals surface area contributed by atoms with Crippen LogP contribution in [0, 0.1) is 0 Å². The van der Waals surface area contributed by atoms with Gasteiger partial charge in [-0.2, -0.15) is 4.31 Å². The largest absolute Gasteiger partial charge is 0.378 e. The van der Waals surface area contributed by atoms with Gasteiger partial charge in [0.25, 0.3) is 0 Å². The van der Waals surface area contributed by atoms with E-state index in [2.05, 4.69) is 4.98 Å². The molecular weight excluding hydrogens is 288 g/mol. The molecule has 0 amide bonds. The van der Waals surface area contributed by atoms with E-state index in [9.17, 15) is 8.42 Å². The summed E-state index contributed by atoms with van der Waals surface area (Å²) in [5, 5.41) is 0.185. The number of aromatic nitrogens is 1. The number of ether oxygens (including phenoxy) is 1. The molecule has 0 aliphatic carbocycles. The second-order valence-corrected chi connectivity index (χ2v) is 6.70. The molecule has 5 nitrogen and oxygen atoms in total. The van der Waals surface area contributed by atoms with E-state index in [4.69, 9.17) is 16.3 Å². The van der Waals surface area contributed by atoms with Crippen molar-refractivity contribution in [1.82, 2.24) is 9.29 Å². The van der Waals surface area contributed by atoms with Gasteiger partial charge in [-0.25, -0.2) is 13.4 Å². The molecule has 0 bridgehead atoms. The lowest BCUT2D eigenvalue weighted by molar-refractivity contribution is 0.0290. The van der Waals surface area contributed by atoms with Gasteiger partial charge in [0, 0.05) is 25.9 Å². The first-order chi connectivity index (χ1) is 9.04. The summed E-state index contributed by atoms with van der Waals surface area (Å²) in [7, 11) is -3.47. The zero-order chi connectivity index (χ0) is 13.9. The lowest BCUT2D eigenvalue weighted by Crippen LogP contribution is -2.40. The van der Waals surface area contributed by atoms with Crippen LogP contribution >= 0.6 is 11.6 Å². The van der Waals surface area contributed by atoms with Gasteiger partial charge < -0.3 is 4.74 Å². The molecule has 0 radical (unpaired) electrons. The van der Waals surface area contributed by atoms with E-state index >= 15 is 0 Å². The standard InChI is InChI=1S/C12H17ClN2O3S/c1-2-18-10-4-7-15(8-5-10)19(16,17)11-3-6-14-12(13)9-11/h3,6,9-10H,2,4-5,7-8H2,1H3. The normalized spacial score (nSPS) is 18.6. The van der Waals surface area contributed by atoms with Crippen LogP contribution in [0.5, 0.6) is 0 Å². The third-order valence-corrected chi connectivity index (χ3v) is 5.24. The van der Waals surface area contributed by atoms with Crippen LogP contribution in [0.2, 0.25) is 5.15 Å². The lowest BCUT2D eigenvalue weighted by atomic mass is 10.1. The second-order valence-electron chi connectivity index (χ2n) is 4.37. The Bertz CT molecular complexity index is 528. The number of sulfonamides is 1. The van der Waals surface area contributed by atoms with Crippen LogP contribution in [0.4, 0.5) is 0 Å². The van der Waals surface area contributed by atoms with Crippen LogP contribution in [0.25, 0.3) is 0 Å². The number of piperidine rings is 1. The van der Waals surface area contributed by atoms with Gasteiger partial charge in [-0.1, -0.05) is 11.6 Å². The Hall–Kier alpha value is -0.690. The molecule has 7 heteroatoms. The third kappa shape index (κ3) is 3.45. The predicted molar refractivity (Wildman–Crippen MR) is 72.7 cm³/mol. The summed E-state index contributed by atoms with van der Waals surface area (Å²) in [6.07, 6.45) is 3.03. The Kier molecular flexibility index (Phi) is 4.78. The molecule has 19 heavy (non-hydrogen) atoms. The maximum Gasteiger partial charge on any atom is 0.243 e. The van der Waals surface area contributed by atoms with Crippen molar-refractivity contribution < 1.29 is 13.2 Å². The van der Waals surface area contributed by atoms with E-state index in [1.807, 2.05) is 6.92 Å². The third-order valence-electron chi connectivity index (χ3n) is 3.14. The summed E-state index contributed by atoms with van der Waals surface area (Å²) in [6.45, 7) is 3.57. The molecule has 1 saturated heterocycles. The molecular formula is C12H17ClN2O3S. The van der Waals surface area contributed by atoms with E-state index in [1.165, 1.54) is 22.6 Å². The van der Waals surface area contributed by atoms with Crippen molar-refractivity contribution >= 4 is 21.6 Å². The zero-order valence-electron chi connectivity index (χ0n) is 10.8. The fraction of sp³-hybridized carbons (Fsp3) is 0.583. The topological polar surface area (TPSA) is 59.5 Å². The number of rotatable bonds is 4. The van der Waals surface area contributed by atoms with Crippen molar-refractivity contribution in [2.75, 3.05) is 19.7 Å². The molecule has 1 fully saturated rings. The summed E-state index contributed by atoms with van der Waals surface area (Å²) >= 11 is 5.74.